The molecule has 0 radical (unpaired) electrons. The van der Waals surface area contributed by atoms with Gasteiger partial charge in [0.15, 0.2) is 10.2 Å². The van der Waals surface area contributed by atoms with Crippen molar-refractivity contribution in [1.29, 1.82) is 0 Å². The van der Waals surface area contributed by atoms with Gasteiger partial charge in [-0.25, -0.2) is 4.98 Å². The van der Waals surface area contributed by atoms with E-state index in [0.29, 0.717) is 16.3 Å². The lowest BCUT2D eigenvalue weighted by molar-refractivity contribution is -0.388. The molecule has 0 saturated heterocycles. The molecule has 0 N–H and O–H groups in total. The van der Waals surface area contributed by atoms with Gasteiger partial charge in [-0.15, -0.1) is 10.2 Å². The smallest absolute Gasteiger partial charge is 0.301 e. The number of alkyl halides is 3. The van der Waals surface area contributed by atoms with Crippen LogP contribution < -0.4 is 0 Å². The monoisotopic (exact) mass is 305 g/mol. The number of hydrogen-bond acceptors (Lipinski definition) is 6. The van der Waals surface area contributed by atoms with E-state index in [1.807, 2.05) is 0 Å². The molecule has 0 amide bonds. The Labute approximate surface area is 114 Å². The van der Waals surface area contributed by atoms with Crippen LogP contribution in [-0.2, 0) is 13.2 Å². The van der Waals surface area contributed by atoms with Crippen LogP contribution in [0.1, 0.15) is 5.82 Å². The Morgan fingerprint density at radius 3 is 2.65 bits per heavy atom. The highest BCUT2D eigenvalue weighted by atomic mass is 32.2. The summed E-state index contributed by atoms with van der Waals surface area (Å²) in [6.07, 6.45) is -3.34. The maximum Gasteiger partial charge on any atom is 0.451 e. The zero-order valence-corrected chi connectivity index (χ0v) is 10.6. The summed E-state index contributed by atoms with van der Waals surface area (Å²) < 4.78 is 38.4. The minimum Gasteiger partial charge on any atom is -0.301 e. The third-order valence-corrected chi connectivity index (χ3v) is 3.27. The van der Waals surface area contributed by atoms with Crippen LogP contribution in [0.4, 0.5) is 18.9 Å². The lowest BCUT2D eigenvalue weighted by Crippen LogP contribution is -2.13. The average Bonchev–Trinajstić information content (AvgIpc) is 2.71. The molecular weight excluding hydrogens is 299 g/mol. The largest absolute Gasteiger partial charge is 0.451 e. The molecule has 2 heterocycles. The van der Waals surface area contributed by atoms with E-state index in [1.54, 1.807) is 0 Å². The second kappa shape index (κ2) is 5.07. The maximum atomic E-state index is 12.6. The van der Waals surface area contributed by atoms with Crippen molar-refractivity contribution in [3.8, 4) is 0 Å². The van der Waals surface area contributed by atoms with Gasteiger partial charge in [0.05, 0.1) is 4.92 Å². The van der Waals surface area contributed by atoms with Crippen LogP contribution in [0.3, 0.4) is 0 Å². The molecule has 0 aliphatic heterocycles. The number of nitrogens with zero attached hydrogens (tertiary/aromatic N) is 5. The molecule has 0 atom stereocenters. The second-order valence-corrected chi connectivity index (χ2v) is 4.51. The maximum absolute atomic E-state index is 12.6. The minimum atomic E-state index is -4.64. The Morgan fingerprint density at radius 2 is 2.10 bits per heavy atom. The summed E-state index contributed by atoms with van der Waals surface area (Å²) in [5.41, 5.74) is -0.311. The Kier molecular flexibility index (Phi) is 3.61. The van der Waals surface area contributed by atoms with Gasteiger partial charge in [0.25, 0.3) is 0 Å². The highest BCUT2D eigenvalue weighted by Crippen LogP contribution is 2.34. The van der Waals surface area contributed by atoms with Gasteiger partial charge in [0.1, 0.15) is 0 Å². The molecule has 20 heavy (non-hydrogen) atoms. The Morgan fingerprint density at radius 1 is 1.40 bits per heavy atom. The predicted molar refractivity (Wildman–Crippen MR) is 61.0 cm³/mol. The van der Waals surface area contributed by atoms with Crippen LogP contribution >= 0.6 is 11.8 Å². The highest BCUT2D eigenvalue weighted by molar-refractivity contribution is 7.99. The van der Waals surface area contributed by atoms with Crippen molar-refractivity contribution in [1.82, 2.24) is 19.7 Å². The van der Waals surface area contributed by atoms with Crippen molar-refractivity contribution in [2.24, 2.45) is 7.05 Å². The number of nitro groups is 1. The average molecular weight is 305 g/mol. The molecule has 0 saturated carbocycles. The van der Waals surface area contributed by atoms with Gasteiger partial charge >= 0.3 is 11.9 Å². The Balaban J connectivity index is 2.37. The van der Waals surface area contributed by atoms with Crippen molar-refractivity contribution in [2.45, 2.75) is 16.4 Å². The van der Waals surface area contributed by atoms with Crippen LogP contribution in [0.5, 0.6) is 0 Å². The molecule has 11 heteroatoms. The van der Waals surface area contributed by atoms with Gasteiger partial charge in [-0.1, -0.05) is 0 Å². The molecule has 0 aromatic carbocycles. The second-order valence-electron chi connectivity index (χ2n) is 3.55. The topological polar surface area (TPSA) is 86.7 Å². The first-order chi connectivity index (χ1) is 9.30. The molecule has 2 rings (SSSR count). The van der Waals surface area contributed by atoms with Gasteiger partial charge in [0.2, 0.25) is 5.82 Å². The van der Waals surface area contributed by atoms with Crippen LogP contribution in [0, 0.1) is 10.1 Å². The minimum absolute atomic E-state index is 0.0540. The van der Waals surface area contributed by atoms with Crippen molar-refractivity contribution in [3.05, 3.63) is 34.3 Å². The number of rotatable bonds is 3. The standard InChI is InChI=1S/C9H6F3N5O2S/c1-16-7(9(10,11)12)14-15-8(16)20-6-5(17(18)19)3-2-4-13-6/h2-4H,1H3. The molecule has 0 unspecified atom stereocenters. The lowest BCUT2D eigenvalue weighted by atomic mass is 10.4. The summed E-state index contributed by atoms with van der Waals surface area (Å²) in [7, 11) is 1.12. The van der Waals surface area contributed by atoms with E-state index in [1.165, 1.54) is 18.3 Å². The normalized spacial score (nSPS) is 11.6. The van der Waals surface area contributed by atoms with E-state index in [4.69, 9.17) is 0 Å². The van der Waals surface area contributed by atoms with Gasteiger partial charge in [-0.2, -0.15) is 13.2 Å². The fourth-order valence-electron chi connectivity index (χ4n) is 1.34. The fourth-order valence-corrected chi connectivity index (χ4v) is 2.18. The first-order valence-electron chi connectivity index (χ1n) is 5.04. The summed E-state index contributed by atoms with van der Waals surface area (Å²) >= 11 is 0.643. The first-order valence-corrected chi connectivity index (χ1v) is 5.86. The zero-order chi connectivity index (χ0) is 14.9. The van der Waals surface area contributed by atoms with Crippen molar-refractivity contribution < 1.29 is 18.1 Å². The first kappa shape index (κ1) is 14.2. The highest BCUT2D eigenvalue weighted by Gasteiger charge is 2.37. The van der Waals surface area contributed by atoms with Crippen LogP contribution in [0.25, 0.3) is 0 Å². The molecule has 7 nitrogen and oxygen atoms in total. The van der Waals surface area contributed by atoms with Crippen molar-refractivity contribution in [2.75, 3.05) is 0 Å². The molecule has 2 aromatic heterocycles. The van der Waals surface area contributed by atoms with E-state index < -0.39 is 16.9 Å². The summed E-state index contributed by atoms with van der Waals surface area (Å²) in [4.78, 5) is 13.9. The molecule has 0 aliphatic carbocycles. The van der Waals surface area contributed by atoms with Gasteiger partial charge in [-0.05, 0) is 17.8 Å². The van der Waals surface area contributed by atoms with Crippen LogP contribution in [-0.4, -0.2) is 24.7 Å². The SMILES string of the molecule is Cn1c(Sc2ncccc2[N+](=O)[O-])nnc1C(F)(F)F. The summed E-state index contributed by atoms with van der Waals surface area (Å²) in [5, 5.41) is 17.0. The van der Waals surface area contributed by atoms with Crippen molar-refractivity contribution >= 4 is 17.4 Å². The molecule has 2 aromatic rings. The van der Waals surface area contributed by atoms with E-state index in [-0.39, 0.29) is 15.9 Å². The third kappa shape index (κ3) is 2.71. The Hall–Kier alpha value is -2.17. The molecular formula is C9H6F3N5O2S. The molecule has 0 fully saturated rings. The van der Waals surface area contributed by atoms with E-state index in [9.17, 15) is 23.3 Å². The lowest BCUT2D eigenvalue weighted by Gasteiger charge is -2.06. The van der Waals surface area contributed by atoms with Gasteiger partial charge in [-0.3, -0.25) is 10.1 Å². The summed E-state index contributed by atoms with van der Waals surface area (Å²) in [6, 6.07) is 2.57. The Bertz CT molecular complexity index is 657. The number of hydrogen-bond donors (Lipinski definition) is 0. The molecule has 0 aliphatic rings. The van der Waals surface area contributed by atoms with E-state index in [2.05, 4.69) is 15.2 Å². The number of pyridine rings is 1. The summed E-state index contributed by atoms with van der Waals surface area (Å²) in [5.74, 6) is -1.18. The molecule has 0 spiro atoms. The quantitative estimate of drug-likeness (QED) is 0.638. The third-order valence-electron chi connectivity index (χ3n) is 2.22. The van der Waals surface area contributed by atoms with E-state index in [0.717, 1.165) is 7.05 Å². The summed E-state index contributed by atoms with van der Waals surface area (Å²) in [6.45, 7) is 0. The zero-order valence-electron chi connectivity index (χ0n) is 9.83. The fraction of sp³-hybridized carbons (Fsp3) is 0.222. The van der Waals surface area contributed by atoms with Gasteiger partial charge in [0, 0.05) is 19.3 Å². The number of aromatic nitrogens is 4. The van der Waals surface area contributed by atoms with Crippen molar-refractivity contribution in [3.63, 3.8) is 0 Å². The van der Waals surface area contributed by atoms with E-state index >= 15 is 0 Å². The van der Waals surface area contributed by atoms with Gasteiger partial charge < -0.3 is 4.57 Å². The molecule has 0 bridgehead atoms. The van der Waals surface area contributed by atoms with Crippen LogP contribution in [0.15, 0.2) is 28.5 Å². The molecule has 106 valence electrons. The predicted octanol–water partition coefficient (Wildman–Crippen LogP) is 2.29. The number of halogens is 3. The van der Waals surface area contributed by atoms with Crippen LogP contribution in [0.2, 0.25) is 0 Å².